The van der Waals surface area contributed by atoms with Gasteiger partial charge in [0, 0.05) is 5.02 Å². The van der Waals surface area contributed by atoms with Crippen LogP contribution in [0.5, 0.6) is 0 Å². The zero-order valence-corrected chi connectivity index (χ0v) is 10.9. The third-order valence-electron chi connectivity index (χ3n) is 2.04. The molecule has 0 fully saturated rings. The summed E-state index contributed by atoms with van der Waals surface area (Å²) in [7, 11) is 0. The summed E-state index contributed by atoms with van der Waals surface area (Å²) in [4.78, 5) is 11.9. The first-order valence-corrected chi connectivity index (χ1v) is 5.51. The number of nitriles is 1. The van der Waals surface area contributed by atoms with Gasteiger partial charge in [0.15, 0.2) is 0 Å². The number of halogens is 2. The van der Waals surface area contributed by atoms with Crippen LogP contribution in [0.15, 0.2) is 12.1 Å². The lowest BCUT2D eigenvalue weighted by atomic mass is 10.1. The highest BCUT2D eigenvalue weighted by Crippen LogP contribution is 2.27. The molecule has 0 radical (unpaired) electrons. The van der Waals surface area contributed by atoms with E-state index in [9.17, 15) is 4.79 Å². The number of nitrogens with two attached hydrogens (primary N) is 1. The smallest absolute Gasteiger partial charge is 0.254 e. The van der Waals surface area contributed by atoms with Crippen molar-refractivity contribution in [3.05, 3.63) is 27.7 Å². The number of amides is 1. The van der Waals surface area contributed by atoms with Gasteiger partial charge in [0.05, 0.1) is 22.3 Å². The standard InChI is InChI=1S/C11H11Cl2N3O/c1-11(2,5-14)16-10(17)7-3-6(12)4-8(13)9(7)15/h3-4H,15H2,1-2H3,(H,16,17). The fourth-order valence-electron chi connectivity index (χ4n) is 1.15. The van der Waals surface area contributed by atoms with E-state index in [1.807, 2.05) is 6.07 Å². The fourth-order valence-corrected chi connectivity index (χ4v) is 1.65. The molecule has 0 bridgehead atoms. The van der Waals surface area contributed by atoms with Gasteiger partial charge in [0.1, 0.15) is 5.54 Å². The molecule has 3 N–H and O–H groups in total. The highest BCUT2D eigenvalue weighted by Gasteiger charge is 2.22. The number of nitrogens with zero attached hydrogens (tertiary/aromatic N) is 1. The Morgan fingerprint density at radius 1 is 1.47 bits per heavy atom. The Labute approximate surface area is 109 Å². The topological polar surface area (TPSA) is 78.9 Å². The average Bonchev–Trinajstić information content (AvgIpc) is 2.22. The molecule has 0 aliphatic rings. The van der Waals surface area contributed by atoms with Gasteiger partial charge in [-0.2, -0.15) is 5.26 Å². The Morgan fingerprint density at radius 3 is 2.59 bits per heavy atom. The van der Waals surface area contributed by atoms with E-state index < -0.39 is 11.4 Å². The second kappa shape index (κ2) is 4.82. The van der Waals surface area contributed by atoms with E-state index in [1.54, 1.807) is 13.8 Å². The lowest BCUT2D eigenvalue weighted by Gasteiger charge is -2.18. The molecule has 1 aromatic rings. The number of nitrogen functional groups attached to an aromatic ring is 1. The Balaban J connectivity index is 3.10. The van der Waals surface area contributed by atoms with Crippen LogP contribution < -0.4 is 11.1 Å². The molecule has 0 atom stereocenters. The van der Waals surface area contributed by atoms with Crippen molar-refractivity contribution in [2.45, 2.75) is 19.4 Å². The third kappa shape index (κ3) is 3.26. The number of hydrogen-bond acceptors (Lipinski definition) is 3. The maximum atomic E-state index is 11.9. The normalized spacial score (nSPS) is 10.8. The number of carbonyl (C=O) groups excluding carboxylic acids is 1. The second-order valence-electron chi connectivity index (χ2n) is 4.04. The van der Waals surface area contributed by atoms with Crippen molar-refractivity contribution in [3.8, 4) is 6.07 Å². The van der Waals surface area contributed by atoms with Crippen LogP contribution in [0.25, 0.3) is 0 Å². The highest BCUT2D eigenvalue weighted by atomic mass is 35.5. The molecular formula is C11H11Cl2N3O. The van der Waals surface area contributed by atoms with Crippen LogP contribution in [-0.4, -0.2) is 11.4 Å². The molecule has 90 valence electrons. The zero-order chi connectivity index (χ0) is 13.2. The molecule has 1 rings (SSSR count). The molecule has 0 spiro atoms. The molecule has 0 aromatic heterocycles. The van der Waals surface area contributed by atoms with Crippen LogP contribution in [-0.2, 0) is 0 Å². The lowest BCUT2D eigenvalue weighted by Crippen LogP contribution is -2.42. The summed E-state index contributed by atoms with van der Waals surface area (Å²) < 4.78 is 0. The van der Waals surface area contributed by atoms with E-state index in [2.05, 4.69) is 5.32 Å². The van der Waals surface area contributed by atoms with Gasteiger partial charge in [-0.15, -0.1) is 0 Å². The van der Waals surface area contributed by atoms with E-state index in [4.69, 9.17) is 34.2 Å². The van der Waals surface area contributed by atoms with Gasteiger partial charge in [0.25, 0.3) is 5.91 Å². The van der Waals surface area contributed by atoms with Gasteiger partial charge in [-0.05, 0) is 26.0 Å². The van der Waals surface area contributed by atoms with Crippen molar-refractivity contribution in [2.75, 3.05) is 5.73 Å². The van der Waals surface area contributed by atoms with Gasteiger partial charge in [-0.1, -0.05) is 23.2 Å². The third-order valence-corrected chi connectivity index (χ3v) is 2.58. The maximum absolute atomic E-state index is 11.9. The maximum Gasteiger partial charge on any atom is 0.254 e. The van der Waals surface area contributed by atoms with E-state index in [-0.39, 0.29) is 16.3 Å². The minimum Gasteiger partial charge on any atom is -0.397 e. The minimum absolute atomic E-state index is 0.141. The lowest BCUT2D eigenvalue weighted by molar-refractivity contribution is 0.0930. The number of carbonyl (C=O) groups is 1. The number of hydrogen-bond donors (Lipinski definition) is 2. The molecule has 0 aliphatic heterocycles. The summed E-state index contributed by atoms with van der Waals surface area (Å²) in [6.45, 7) is 3.15. The fraction of sp³-hybridized carbons (Fsp3) is 0.273. The van der Waals surface area contributed by atoms with Gasteiger partial charge in [-0.25, -0.2) is 0 Å². The van der Waals surface area contributed by atoms with Crippen LogP contribution in [0.2, 0.25) is 10.0 Å². The van der Waals surface area contributed by atoms with Crippen LogP contribution >= 0.6 is 23.2 Å². The molecule has 1 aromatic carbocycles. The van der Waals surface area contributed by atoms with E-state index >= 15 is 0 Å². The summed E-state index contributed by atoms with van der Waals surface area (Å²) >= 11 is 11.6. The Kier molecular flexibility index (Phi) is 3.87. The number of nitrogens with one attached hydrogen (secondary N) is 1. The first-order chi connectivity index (χ1) is 7.76. The molecule has 0 aliphatic carbocycles. The van der Waals surface area contributed by atoms with E-state index in [0.29, 0.717) is 5.02 Å². The Bertz CT molecular complexity index is 506. The summed E-state index contributed by atoms with van der Waals surface area (Å²) in [6, 6.07) is 4.81. The van der Waals surface area contributed by atoms with Gasteiger partial charge in [0.2, 0.25) is 0 Å². The quantitative estimate of drug-likeness (QED) is 0.812. The molecule has 17 heavy (non-hydrogen) atoms. The van der Waals surface area contributed by atoms with Gasteiger partial charge in [-0.3, -0.25) is 4.79 Å². The number of benzene rings is 1. The average molecular weight is 272 g/mol. The van der Waals surface area contributed by atoms with Crippen molar-refractivity contribution >= 4 is 34.8 Å². The largest absolute Gasteiger partial charge is 0.397 e. The molecule has 0 saturated heterocycles. The summed E-state index contributed by atoms with van der Waals surface area (Å²) in [5.41, 5.74) is 4.99. The van der Waals surface area contributed by atoms with Crippen LogP contribution in [0.1, 0.15) is 24.2 Å². The number of anilines is 1. The summed E-state index contributed by atoms with van der Waals surface area (Å²) in [5, 5.41) is 11.9. The molecule has 6 heteroatoms. The molecule has 0 unspecified atom stereocenters. The molecule has 0 saturated carbocycles. The second-order valence-corrected chi connectivity index (χ2v) is 4.88. The van der Waals surface area contributed by atoms with Crippen molar-refractivity contribution in [1.29, 1.82) is 5.26 Å². The van der Waals surface area contributed by atoms with E-state index in [1.165, 1.54) is 12.1 Å². The highest BCUT2D eigenvalue weighted by molar-refractivity contribution is 6.37. The van der Waals surface area contributed by atoms with Crippen LogP contribution in [0, 0.1) is 11.3 Å². The molecular weight excluding hydrogens is 261 g/mol. The van der Waals surface area contributed by atoms with Crippen molar-refractivity contribution in [1.82, 2.24) is 5.32 Å². The summed E-state index contributed by atoms with van der Waals surface area (Å²) in [5.74, 6) is -0.488. The Hall–Kier alpha value is -1.44. The van der Waals surface area contributed by atoms with Crippen molar-refractivity contribution < 1.29 is 4.79 Å². The monoisotopic (exact) mass is 271 g/mol. The number of rotatable bonds is 2. The van der Waals surface area contributed by atoms with Gasteiger partial charge >= 0.3 is 0 Å². The predicted octanol–water partition coefficient (Wildman–Crippen LogP) is 2.61. The van der Waals surface area contributed by atoms with Gasteiger partial charge < -0.3 is 11.1 Å². The first-order valence-electron chi connectivity index (χ1n) is 4.75. The minimum atomic E-state index is -0.988. The SMILES string of the molecule is CC(C)(C#N)NC(=O)c1cc(Cl)cc(Cl)c1N. The van der Waals surface area contributed by atoms with E-state index in [0.717, 1.165) is 0 Å². The predicted molar refractivity (Wildman–Crippen MR) is 68.0 cm³/mol. The Morgan fingerprint density at radius 2 is 2.06 bits per heavy atom. The zero-order valence-electron chi connectivity index (χ0n) is 9.34. The first kappa shape index (κ1) is 13.6. The van der Waals surface area contributed by atoms with Crippen molar-refractivity contribution in [2.24, 2.45) is 0 Å². The molecule has 4 nitrogen and oxygen atoms in total. The molecule has 0 heterocycles. The van der Waals surface area contributed by atoms with Crippen molar-refractivity contribution in [3.63, 3.8) is 0 Å². The molecule has 1 amide bonds. The van der Waals surface area contributed by atoms with Crippen LogP contribution in [0.3, 0.4) is 0 Å². The van der Waals surface area contributed by atoms with Crippen LogP contribution in [0.4, 0.5) is 5.69 Å². The summed E-state index contributed by atoms with van der Waals surface area (Å²) in [6.07, 6.45) is 0.